The van der Waals surface area contributed by atoms with E-state index in [1.807, 2.05) is 19.1 Å². The lowest BCUT2D eigenvalue weighted by Crippen LogP contribution is -2.14. The van der Waals surface area contributed by atoms with Gasteiger partial charge in [-0.2, -0.15) is 5.26 Å². The van der Waals surface area contributed by atoms with E-state index in [-0.39, 0.29) is 5.56 Å². The molecule has 0 fully saturated rings. The summed E-state index contributed by atoms with van der Waals surface area (Å²) in [4.78, 5) is 17.2. The van der Waals surface area contributed by atoms with E-state index in [0.717, 1.165) is 16.8 Å². The monoisotopic (exact) mass is 360 g/mol. The maximum Gasteiger partial charge on any atom is 0.280 e. The zero-order valence-corrected chi connectivity index (χ0v) is 14.6. The van der Waals surface area contributed by atoms with E-state index in [9.17, 15) is 10.1 Å². The lowest BCUT2D eigenvalue weighted by molar-refractivity contribution is 0.864. The maximum atomic E-state index is 12.8. The molecular weight excluding hydrogens is 348 g/mol. The number of aromatic nitrogens is 3. The quantitative estimate of drug-likeness (QED) is 0.581. The van der Waals surface area contributed by atoms with Gasteiger partial charge in [0.1, 0.15) is 0 Å². The molecule has 26 heavy (non-hydrogen) atoms. The molecule has 126 valence electrons. The highest BCUT2D eigenvalue weighted by molar-refractivity contribution is 6.30. The average molecular weight is 361 g/mol. The molecule has 4 rings (SSSR count). The third-order valence-electron chi connectivity index (χ3n) is 4.29. The fourth-order valence-corrected chi connectivity index (χ4v) is 3.16. The van der Waals surface area contributed by atoms with Gasteiger partial charge in [-0.05, 0) is 48.9 Å². The number of halogens is 1. The largest absolute Gasteiger partial charge is 0.290 e. The van der Waals surface area contributed by atoms with Gasteiger partial charge < -0.3 is 0 Å². The number of pyridine rings is 1. The molecule has 1 N–H and O–H groups in total. The molecule has 2 heterocycles. The number of aryl methyl sites for hydroxylation is 1. The van der Waals surface area contributed by atoms with Crippen molar-refractivity contribution in [2.24, 2.45) is 0 Å². The molecule has 0 spiro atoms. The summed E-state index contributed by atoms with van der Waals surface area (Å²) in [7, 11) is 0. The average Bonchev–Trinajstić information content (AvgIpc) is 2.99. The van der Waals surface area contributed by atoms with Gasteiger partial charge in [0.2, 0.25) is 0 Å². The number of fused-ring (bicyclic) bond motifs is 1. The highest BCUT2D eigenvalue weighted by Crippen LogP contribution is 2.29. The first-order chi connectivity index (χ1) is 12.6. The van der Waals surface area contributed by atoms with Gasteiger partial charge in [0.15, 0.2) is 0 Å². The minimum Gasteiger partial charge on any atom is -0.290 e. The van der Waals surface area contributed by atoms with Crippen molar-refractivity contribution in [2.75, 3.05) is 0 Å². The smallest absolute Gasteiger partial charge is 0.280 e. The first-order valence-corrected chi connectivity index (χ1v) is 8.33. The van der Waals surface area contributed by atoms with Crippen LogP contribution in [0, 0.1) is 18.3 Å². The zero-order chi connectivity index (χ0) is 18.3. The van der Waals surface area contributed by atoms with Crippen LogP contribution in [0.1, 0.15) is 11.3 Å². The molecule has 6 heteroatoms. The summed E-state index contributed by atoms with van der Waals surface area (Å²) >= 11 is 5.94. The number of nitriles is 1. The van der Waals surface area contributed by atoms with E-state index in [0.29, 0.717) is 27.2 Å². The number of nitrogens with zero attached hydrogens (tertiary/aromatic N) is 3. The molecule has 0 bridgehead atoms. The molecular formula is C20H13ClN4O. The fourth-order valence-electron chi connectivity index (χ4n) is 3.04. The topological polar surface area (TPSA) is 74.5 Å². The molecule has 0 saturated heterocycles. The van der Waals surface area contributed by atoms with Crippen molar-refractivity contribution in [1.82, 2.24) is 14.8 Å². The molecule has 2 aromatic heterocycles. The van der Waals surface area contributed by atoms with E-state index in [1.165, 1.54) is 4.68 Å². The highest BCUT2D eigenvalue weighted by atomic mass is 35.5. The van der Waals surface area contributed by atoms with Crippen LogP contribution in [0.25, 0.3) is 27.7 Å². The Hall–Kier alpha value is -3.36. The fraction of sp³-hybridized carbons (Fsp3) is 0.0500. The summed E-state index contributed by atoms with van der Waals surface area (Å²) in [5, 5.41) is 13.4. The zero-order valence-electron chi connectivity index (χ0n) is 13.8. The van der Waals surface area contributed by atoms with Crippen molar-refractivity contribution in [3.63, 3.8) is 0 Å². The Morgan fingerprint density at radius 1 is 1.19 bits per heavy atom. The molecule has 0 aliphatic carbocycles. The molecule has 2 aromatic carbocycles. The van der Waals surface area contributed by atoms with Crippen LogP contribution in [0.5, 0.6) is 0 Å². The molecule has 0 amide bonds. The number of hydrogen-bond donors (Lipinski definition) is 1. The van der Waals surface area contributed by atoms with Crippen LogP contribution in [0.2, 0.25) is 5.02 Å². The molecule has 0 aliphatic heterocycles. The summed E-state index contributed by atoms with van der Waals surface area (Å²) in [5.41, 5.74) is 4.16. The summed E-state index contributed by atoms with van der Waals surface area (Å²) in [6.45, 7) is 1.88. The predicted molar refractivity (Wildman–Crippen MR) is 102 cm³/mol. The minimum absolute atomic E-state index is 0.187. The van der Waals surface area contributed by atoms with E-state index in [4.69, 9.17) is 11.6 Å². The molecule has 0 unspecified atom stereocenters. The van der Waals surface area contributed by atoms with Crippen LogP contribution in [-0.2, 0) is 0 Å². The summed E-state index contributed by atoms with van der Waals surface area (Å²) < 4.78 is 1.47. The van der Waals surface area contributed by atoms with Crippen molar-refractivity contribution in [2.45, 2.75) is 6.92 Å². The third kappa shape index (κ3) is 2.57. The lowest BCUT2D eigenvalue weighted by atomic mass is 10.0. The summed E-state index contributed by atoms with van der Waals surface area (Å²) in [5.74, 6) is 0. The molecule has 0 atom stereocenters. The first kappa shape index (κ1) is 16.1. The van der Waals surface area contributed by atoms with Gasteiger partial charge in [0.25, 0.3) is 5.56 Å². The van der Waals surface area contributed by atoms with Gasteiger partial charge in [-0.3, -0.25) is 14.9 Å². The molecule has 4 aromatic rings. The van der Waals surface area contributed by atoms with E-state index in [2.05, 4.69) is 16.2 Å². The minimum atomic E-state index is -0.187. The molecule has 5 nitrogen and oxygen atoms in total. The van der Waals surface area contributed by atoms with E-state index < -0.39 is 0 Å². The van der Waals surface area contributed by atoms with Crippen molar-refractivity contribution >= 4 is 22.5 Å². The van der Waals surface area contributed by atoms with Gasteiger partial charge >= 0.3 is 0 Å². The Morgan fingerprint density at radius 2 is 1.96 bits per heavy atom. The van der Waals surface area contributed by atoms with Crippen LogP contribution >= 0.6 is 11.6 Å². The second-order valence-corrected chi connectivity index (χ2v) is 6.37. The van der Waals surface area contributed by atoms with Crippen LogP contribution < -0.4 is 5.56 Å². The number of aromatic amines is 1. The summed E-state index contributed by atoms with van der Waals surface area (Å²) in [6.07, 6.45) is 1.58. The van der Waals surface area contributed by atoms with Gasteiger partial charge in [0.05, 0.1) is 28.2 Å². The Labute approximate surface area is 154 Å². The normalized spacial score (nSPS) is 10.8. The second kappa shape index (κ2) is 6.17. The number of rotatable bonds is 2. The van der Waals surface area contributed by atoms with E-state index in [1.54, 1.807) is 42.6 Å². The third-order valence-corrected chi connectivity index (χ3v) is 4.54. The second-order valence-electron chi connectivity index (χ2n) is 5.93. The first-order valence-electron chi connectivity index (χ1n) is 7.95. The summed E-state index contributed by atoms with van der Waals surface area (Å²) in [6, 6.07) is 16.4. The van der Waals surface area contributed by atoms with Crippen LogP contribution in [0.4, 0.5) is 0 Å². The number of benzene rings is 2. The van der Waals surface area contributed by atoms with Crippen molar-refractivity contribution in [3.05, 3.63) is 81.4 Å². The SMILES string of the molecule is Cc1ncc2c(=O)n(-c3ccc(Cl)cc3)[nH]c2c1-c1cccc(C#N)c1. The number of hydrogen-bond acceptors (Lipinski definition) is 3. The Kier molecular flexibility index (Phi) is 3.83. The molecule has 0 saturated carbocycles. The number of nitrogens with one attached hydrogen (secondary N) is 1. The Balaban J connectivity index is 2.01. The van der Waals surface area contributed by atoms with Crippen molar-refractivity contribution < 1.29 is 0 Å². The van der Waals surface area contributed by atoms with Crippen molar-refractivity contribution in [1.29, 1.82) is 5.26 Å². The van der Waals surface area contributed by atoms with Gasteiger partial charge in [0, 0.05) is 22.5 Å². The van der Waals surface area contributed by atoms with E-state index >= 15 is 0 Å². The Bertz CT molecular complexity index is 1230. The van der Waals surface area contributed by atoms with Gasteiger partial charge in [-0.25, -0.2) is 4.68 Å². The highest BCUT2D eigenvalue weighted by Gasteiger charge is 2.16. The van der Waals surface area contributed by atoms with Crippen LogP contribution in [0.15, 0.2) is 59.5 Å². The lowest BCUT2D eigenvalue weighted by Gasteiger charge is -2.07. The Morgan fingerprint density at radius 3 is 2.69 bits per heavy atom. The standard InChI is InChI=1S/C20H13ClN4O/c1-12-18(14-4-2-3-13(9-14)10-22)19-17(11-23-12)20(26)25(24-19)16-7-5-15(21)6-8-16/h2-9,11,24H,1H3. The predicted octanol–water partition coefficient (Wildman–Crippen LogP) is 4.21. The maximum absolute atomic E-state index is 12.8. The van der Waals surface area contributed by atoms with Crippen molar-refractivity contribution in [3.8, 4) is 22.9 Å². The van der Waals surface area contributed by atoms with Crippen LogP contribution in [-0.4, -0.2) is 14.8 Å². The molecule has 0 radical (unpaired) electrons. The van der Waals surface area contributed by atoms with Gasteiger partial charge in [-0.15, -0.1) is 0 Å². The number of H-pyrrole nitrogens is 1. The van der Waals surface area contributed by atoms with Gasteiger partial charge in [-0.1, -0.05) is 23.7 Å². The van der Waals surface area contributed by atoms with Crippen LogP contribution in [0.3, 0.4) is 0 Å². The molecule has 0 aliphatic rings.